The van der Waals surface area contributed by atoms with E-state index in [1.54, 1.807) is 11.3 Å². The van der Waals surface area contributed by atoms with Crippen LogP contribution in [0.5, 0.6) is 0 Å². The van der Waals surface area contributed by atoms with Gasteiger partial charge in [-0.25, -0.2) is 4.98 Å². The van der Waals surface area contributed by atoms with Crippen LogP contribution < -0.4 is 0 Å². The van der Waals surface area contributed by atoms with Crippen LogP contribution in [0.3, 0.4) is 0 Å². The van der Waals surface area contributed by atoms with E-state index in [4.69, 9.17) is 4.74 Å². The van der Waals surface area contributed by atoms with Gasteiger partial charge in [-0.2, -0.15) is 0 Å². The van der Waals surface area contributed by atoms with Crippen LogP contribution in [0.4, 0.5) is 0 Å². The molecule has 1 heterocycles. The molecular formula is C10H17NOS. The minimum Gasteiger partial charge on any atom is -0.381 e. The van der Waals surface area contributed by atoms with Crippen LogP contribution in [0.15, 0.2) is 10.9 Å². The molecule has 0 radical (unpaired) electrons. The minimum absolute atomic E-state index is 0.813. The Morgan fingerprint density at radius 3 is 3.00 bits per heavy atom. The molecule has 1 aromatic rings. The fraction of sp³-hybridized carbons (Fsp3) is 0.700. The molecule has 3 heteroatoms. The lowest BCUT2D eigenvalue weighted by Crippen LogP contribution is -2.00. The van der Waals surface area contributed by atoms with Crippen LogP contribution in [0.25, 0.3) is 0 Å². The molecule has 0 amide bonds. The zero-order valence-corrected chi connectivity index (χ0v) is 8.98. The first-order valence-electron chi connectivity index (χ1n) is 4.88. The predicted octanol–water partition coefficient (Wildman–Crippen LogP) is 2.89. The summed E-state index contributed by atoms with van der Waals surface area (Å²) >= 11 is 1.64. The minimum atomic E-state index is 0.813. The molecule has 0 saturated carbocycles. The summed E-state index contributed by atoms with van der Waals surface area (Å²) < 4.78 is 5.47. The molecule has 0 saturated heterocycles. The van der Waals surface area contributed by atoms with Gasteiger partial charge >= 0.3 is 0 Å². The second kappa shape index (κ2) is 7.04. The maximum absolute atomic E-state index is 5.47. The molecule has 2 nitrogen and oxygen atoms in total. The van der Waals surface area contributed by atoms with Gasteiger partial charge in [0, 0.05) is 18.4 Å². The fourth-order valence-corrected chi connectivity index (χ4v) is 1.69. The number of rotatable bonds is 7. The van der Waals surface area contributed by atoms with Crippen molar-refractivity contribution in [2.75, 3.05) is 13.2 Å². The van der Waals surface area contributed by atoms with Crippen molar-refractivity contribution in [2.24, 2.45) is 0 Å². The van der Waals surface area contributed by atoms with Gasteiger partial charge in [0.1, 0.15) is 0 Å². The number of thiazole rings is 1. The Morgan fingerprint density at radius 2 is 2.31 bits per heavy atom. The second-order valence-corrected chi connectivity index (χ2v) is 3.77. The number of hydrogen-bond donors (Lipinski definition) is 0. The van der Waals surface area contributed by atoms with Gasteiger partial charge in [0.15, 0.2) is 0 Å². The lowest BCUT2D eigenvalue weighted by atomic mass is 10.3. The molecule has 0 aliphatic rings. The van der Waals surface area contributed by atoms with Crippen molar-refractivity contribution in [1.29, 1.82) is 0 Å². The topological polar surface area (TPSA) is 22.1 Å². The van der Waals surface area contributed by atoms with E-state index in [9.17, 15) is 0 Å². The highest BCUT2D eigenvalue weighted by atomic mass is 32.1. The number of ether oxygens (including phenoxy) is 1. The summed E-state index contributed by atoms with van der Waals surface area (Å²) in [4.78, 5) is 4.19. The highest BCUT2D eigenvalue weighted by Gasteiger charge is 1.94. The van der Waals surface area contributed by atoms with Gasteiger partial charge in [0.25, 0.3) is 0 Å². The molecule has 0 N–H and O–H groups in total. The molecule has 0 spiro atoms. The maximum atomic E-state index is 5.47. The van der Waals surface area contributed by atoms with Gasteiger partial charge in [-0.1, -0.05) is 19.8 Å². The zero-order valence-electron chi connectivity index (χ0n) is 8.16. The van der Waals surface area contributed by atoms with Crippen LogP contribution in [0.2, 0.25) is 0 Å². The van der Waals surface area contributed by atoms with Gasteiger partial charge in [0.2, 0.25) is 0 Å². The lowest BCUT2D eigenvalue weighted by molar-refractivity contribution is 0.132. The van der Waals surface area contributed by atoms with Crippen LogP contribution in [0, 0.1) is 0 Å². The predicted molar refractivity (Wildman–Crippen MR) is 56.2 cm³/mol. The van der Waals surface area contributed by atoms with E-state index in [2.05, 4.69) is 17.3 Å². The highest BCUT2D eigenvalue weighted by molar-refractivity contribution is 7.07. The van der Waals surface area contributed by atoms with E-state index in [1.165, 1.54) is 19.3 Å². The molecule has 1 rings (SSSR count). The van der Waals surface area contributed by atoms with Gasteiger partial charge in [-0.15, -0.1) is 11.3 Å². The average molecular weight is 199 g/mol. The van der Waals surface area contributed by atoms with Crippen LogP contribution >= 0.6 is 11.3 Å². The summed E-state index contributed by atoms with van der Waals surface area (Å²) in [6.45, 7) is 3.92. The monoisotopic (exact) mass is 199 g/mol. The quantitative estimate of drug-likeness (QED) is 0.630. The van der Waals surface area contributed by atoms with Crippen molar-refractivity contribution in [3.8, 4) is 0 Å². The first-order valence-corrected chi connectivity index (χ1v) is 5.82. The number of hydrogen-bond acceptors (Lipinski definition) is 3. The number of nitrogens with zero attached hydrogens (tertiary/aromatic N) is 1. The molecule has 0 aromatic carbocycles. The summed E-state index contributed by atoms with van der Waals surface area (Å²) in [5.74, 6) is 0. The lowest BCUT2D eigenvalue weighted by Gasteiger charge is -2.01. The summed E-state index contributed by atoms with van der Waals surface area (Å²) in [7, 11) is 0. The normalized spacial score (nSPS) is 10.5. The van der Waals surface area contributed by atoms with Crippen LogP contribution in [-0.4, -0.2) is 18.2 Å². The maximum Gasteiger partial charge on any atom is 0.0794 e. The fourth-order valence-electron chi connectivity index (χ4n) is 1.09. The van der Waals surface area contributed by atoms with Crippen LogP contribution in [-0.2, 0) is 11.2 Å². The SMILES string of the molecule is CCCCCOCCc1cscn1. The van der Waals surface area contributed by atoms with Crippen LogP contribution in [0.1, 0.15) is 31.9 Å². The third-order valence-corrected chi connectivity index (χ3v) is 2.51. The molecule has 0 aliphatic heterocycles. The van der Waals surface area contributed by atoms with Gasteiger partial charge < -0.3 is 4.74 Å². The Balaban J connectivity index is 1.90. The second-order valence-electron chi connectivity index (χ2n) is 3.05. The molecule has 0 unspecified atom stereocenters. The van der Waals surface area contributed by atoms with E-state index in [0.717, 1.165) is 25.3 Å². The molecule has 0 atom stereocenters. The van der Waals surface area contributed by atoms with E-state index >= 15 is 0 Å². The smallest absolute Gasteiger partial charge is 0.0794 e. The Bertz CT molecular complexity index is 199. The molecule has 0 fully saturated rings. The van der Waals surface area contributed by atoms with Gasteiger partial charge in [-0.05, 0) is 6.42 Å². The Morgan fingerprint density at radius 1 is 1.38 bits per heavy atom. The average Bonchev–Trinajstić information content (AvgIpc) is 2.63. The first kappa shape index (κ1) is 10.7. The van der Waals surface area contributed by atoms with Crippen molar-refractivity contribution >= 4 is 11.3 Å². The van der Waals surface area contributed by atoms with Gasteiger partial charge in [0.05, 0.1) is 17.8 Å². The number of unbranched alkanes of at least 4 members (excludes halogenated alkanes) is 2. The van der Waals surface area contributed by atoms with E-state index in [1.807, 2.05) is 5.51 Å². The Kier molecular flexibility index (Phi) is 5.78. The standard InChI is InChI=1S/C10H17NOS/c1-2-3-4-6-12-7-5-10-8-13-9-11-10/h8-9H,2-7H2,1H3. The number of aromatic nitrogens is 1. The molecule has 1 aromatic heterocycles. The van der Waals surface area contributed by atoms with Gasteiger partial charge in [-0.3, -0.25) is 0 Å². The largest absolute Gasteiger partial charge is 0.381 e. The van der Waals surface area contributed by atoms with Crippen molar-refractivity contribution in [3.05, 3.63) is 16.6 Å². The summed E-state index contributed by atoms with van der Waals surface area (Å²) in [6, 6.07) is 0. The summed E-state index contributed by atoms with van der Waals surface area (Å²) in [6.07, 6.45) is 4.68. The Hall–Kier alpha value is -0.410. The summed E-state index contributed by atoms with van der Waals surface area (Å²) in [5, 5.41) is 2.08. The molecule has 0 bridgehead atoms. The van der Waals surface area contributed by atoms with Crippen molar-refractivity contribution in [3.63, 3.8) is 0 Å². The Labute approximate surface area is 84.0 Å². The zero-order chi connectivity index (χ0) is 9.36. The highest BCUT2D eigenvalue weighted by Crippen LogP contribution is 2.02. The molecule has 74 valence electrons. The van der Waals surface area contributed by atoms with Crippen molar-refractivity contribution in [2.45, 2.75) is 32.6 Å². The first-order chi connectivity index (χ1) is 6.43. The summed E-state index contributed by atoms with van der Waals surface area (Å²) in [5.41, 5.74) is 3.02. The van der Waals surface area contributed by atoms with Crippen molar-refractivity contribution < 1.29 is 4.74 Å². The molecular weight excluding hydrogens is 182 g/mol. The van der Waals surface area contributed by atoms with E-state index < -0.39 is 0 Å². The van der Waals surface area contributed by atoms with E-state index in [0.29, 0.717) is 0 Å². The van der Waals surface area contributed by atoms with E-state index in [-0.39, 0.29) is 0 Å². The molecule has 0 aliphatic carbocycles. The third kappa shape index (κ3) is 5.01. The third-order valence-electron chi connectivity index (χ3n) is 1.88. The molecule has 13 heavy (non-hydrogen) atoms. The van der Waals surface area contributed by atoms with Crippen molar-refractivity contribution in [1.82, 2.24) is 4.98 Å².